The van der Waals surface area contributed by atoms with E-state index in [1.54, 1.807) is 24.3 Å². The quantitative estimate of drug-likeness (QED) is 0.650. The van der Waals surface area contributed by atoms with Gasteiger partial charge in [-0.15, -0.1) is 0 Å². The van der Waals surface area contributed by atoms with E-state index in [0.717, 1.165) is 17.2 Å². The number of benzene rings is 2. The molecular weight excluding hydrogens is 276 g/mol. The van der Waals surface area contributed by atoms with Gasteiger partial charge in [0.1, 0.15) is 5.75 Å². The maximum Gasteiger partial charge on any atom is 0.328 e. The lowest BCUT2D eigenvalue weighted by Crippen LogP contribution is -1.84. The van der Waals surface area contributed by atoms with Gasteiger partial charge in [-0.3, -0.25) is 0 Å². The van der Waals surface area contributed by atoms with Gasteiger partial charge in [0.05, 0.1) is 0 Å². The van der Waals surface area contributed by atoms with Gasteiger partial charge < -0.3 is 10.2 Å². The van der Waals surface area contributed by atoms with Crippen molar-refractivity contribution in [1.29, 1.82) is 0 Å². The lowest BCUT2D eigenvalue weighted by atomic mass is 10.2. The zero-order chi connectivity index (χ0) is 16.2. The van der Waals surface area contributed by atoms with Gasteiger partial charge in [-0.25, -0.2) is 4.79 Å². The summed E-state index contributed by atoms with van der Waals surface area (Å²) in [6.45, 7) is 3.58. The molecule has 2 rings (SSSR count). The first-order valence-corrected chi connectivity index (χ1v) is 6.66. The molecule has 0 spiro atoms. The molecular formula is C19H18O3. The predicted molar refractivity (Wildman–Crippen MR) is 90.4 cm³/mol. The number of aromatic hydroxyl groups is 1. The summed E-state index contributed by atoms with van der Waals surface area (Å²) in [7, 11) is 0. The van der Waals surface area contributed by atoms with Crippen LogP contribution in [0.15, 0.2) is 79.4 Å². The molecule has 3 nitrogen and oxygen atoms in total. The lowest BCUT2D eigenvalue weighted by molar-refractivity contribution is -0.131. The minimum atomic E-state index is -0.933. The van der Waals surface area contributed by atoms with Crippen LogP contribution >= 0.6 is 0 Å². The smallest absolute Gasteiger partial charge is 0.328 e. The molecule has 0 aromatic heterocycles. The number of allylic oxidation sites excluding steroid dienone is 2. The van der Waals surface area contributed by atoms with Crippen LogP contribution in [0.1, 0.15) is 11.1 Å². The van der Waals surface area contributed by atoms with Crippen molar-refractivity contribution >= 4 is 18.1 Å². The SMILES string of the molecule is C=Cc1ccc(O)cc1.O=C(O)C=CC=Cc1ccccc1. The first-order chi connectivity index (χ1) is 10.6. The molecule has 2 aromatic carbocycles. The third kappa shape index (κ3) is 7.50. The molecule has 0 fully saturated rings. The summed E-state index contributed by atoms with van der Waals surface area (Å²) in [5, 5.41) is 17.1. The highest BCUT2D eigenvalue weighted by molar-refractivity contribution is 5.80. The van der Waals surface area contributed by atoms with E-state index >= 15 is 0 Å². The molecule has 22 heavy (non-hydrogen) atoms. The largest absolute Gasteiger partial charge is 0.508 e. The van der Waals surface area contributed by atoms with Gasteiger partial charge in [-0.1, -0.05) is 73.3 Å². The summed E-state index contributed by atoms with van der Waals surface area (Å²) < 4.78 is 0. The van der Waals surface area contributed by atoms with Crippen molar-refractivity contribution in [3.63, 3.8) is 0 Å². The van der Waals surface area contributed by atoms with E-state index in [0.29, 0.717) is 5.75 Å². The van der Waals surface area contributed by atoms with Crippen LogP contribution in [0.25, 0.3) is 12.2 Å². The molecule has 0 aliphatic heterocycles. The van der Waals surface area contributed by atoms with Crippen LogP contribution in [-0.4, -0.2) is 16.2 Å². The molecule has 0 bridgehead atoms. The second-order valence-electron chi connectivity index (χ2n) is 4.26. The van der Waals surface area contributed by atoms with Crippen LogP contribution < -0.4 is 0 Å². The second-order valence-corrected chi connectivity index (χ2v) is 4.26. The van der Waals surface area contributed by atoms with Crippen molar-refractivity contribution in [1.82, 2.24) is 0 Å². The first-order valence-electron chi connectivity index (χ1n) is 6.66. The molecule has 0 amide bonds. The van der Waals surface area contributed by atoms with E-state index in [-0.39, 0.29) is 0 Å². The predicted octanol–water partition coefficient (Wildman–Crippen LogP) is 4.38. The Hall–Kier alpha value is -3.07. The first kappa shape index (κ1) is 17.0. The fourth-order valence-electron chi connectivity index (χ4n) is 1.48. The summed E-state index contributed by atoms with van der Waals surface area (Å²) in [5.74, 6) is -0.640. The van der Waals surface area contributed by atoms with Crippen LogP contribution in [0.2, 0.25) is 0 Å². The number of hydrogen-bond acceptors (Lipinski definition) is 2. The summed E-state index contributed by atoms with van der Waals surface area (Å²) >= 11 is 0. The highest BCUT2D eigenvalue weighted by Gasteiger charge is 1.84. The van der Waals surface area contributed by atoms with Gasteiger partial charge in [0.25, 0.3) is 0 Å². The fraction of sp³-hybridized carbons (Fsp3) is 0. The number of rotatable bonds is 4. The second kappa shape index (κ2) is 9.77. The summed E-state index contributed by atoms with van der Waals surface area (Å²) in [5.41, 5.74) is 2.07. The molecule has 0 heterocycles. The normalized spacial score (nSPS) is 10.2. The molecule has 2 aromatic rings. The monoisotopic (exact) mass is 294 g/mol. The van der Waals surface area contributed by atoms with Gasteiger partial charge >= 0.3 is 5.97 Å². The maximum absolute atomic E-state index is 10.1. The van der Waals surface area contributed by atoms with Crippen molar-refractivity contribution < 1.29 is 15.0 Å². The fourth-order valence-corrected chi connectivity index (χ4v) is 1.48. The Morgan fingerprint density at radius 1 is 0.909 bits per heavy atom. The van der Waals surface area contributed by atoms with Crippen molar-refractivity contribution in [3.05, 3.63) is 90.5 Å². The summed E-state index contributed by atoms with van der Waals surface area (Å²) in [6.07, 6.45) is 7.87. The molecule has 0 saturated carbocycles. The number of phenolic OH excluding ortho intramolecular Hbond substituents is 1. The number of carboxylic acid groups (broad SMARTS) is 1. The van der Waals surface area contributed by atoms with Crippen molar-refractivity contribution in [2.75, 3.05) is 0 Å². The number of phenols is 1. The van der Waals surface area contributed by atoms with Crippen molar-refractivity contribution in [2.45, 2.75) is 0 Å². The van der Waals surface area contributed by atoms with Crippen LogP contribution in [0.5, 0.6) is 5.75 Å². The Balaban J connectivity index is 0.000000235. The van der Waals surface area contributed by atoms with Crippen LogP contribution in [0.3, 0.4) is 0 Å². The topological polar surface area (TPSA) is 57.5 Å². The van der Waals surface area contributed by atoms with Gasteiger partial charge in [0, 0.05) is 6.08 Å². The van der Waals surface area contributed by atoms with Crippen LogP contribution in [0.4, 0.5) is 0 Å². The molecule has 0 radical (unpaired) electrons. The average molecular weight is 294 g/mol. The molecule has 0 aliphatic rings. The van der Waals surface area contributed by atoms with Crippen LogP contribution in [-0.2, 0) is 4.79 Å². The molecule has 0 aliphatic carbocycles. The molecule has 0 unspecified atom stereocenters. The molecule has 2 N–H and O–H groups in total. The van der Waals surface area contributed by atoms with Gasteiger partial charge in [-0.2, -0.15) is 0 Å². The zero-order valence-corrected chi connectivity index (χ0v) is 12.1. The van der Waals surface area contributed by atoms with Gasteiger partial charge in [0.2, 0.25) is 0 Å². The van der Waals surface area contributed by atoms with Gasteiger partial charge in [0.15, 0.2) is 0 Å². The highest BCUT2D eigenvalue weighted by atomic mass is 16.4. The highest BCUT2D eigenvalue weighted by Crippen LogP contribution is 2.09. The van der Waals surface area contributed by atoms with Crippen molar-refractivity contribution in [2.24, 2.45) is 0 Å². The average Bonchev–Trinajstić information content (AvgIpc) is 2.54. The van der Waals surface area contributed by atoms with E-state index in [1.165, 1.54) is 6.08 Å². The third-order valence-electron chi connectivity index (χ3n) is 2.57. The lowest BCUT2D eigenvalue weighted by Gasteiger charge is -1.90. The minimum Gasteiger partial charge on any atom is -0.508 e. The number of hydrogen-bond donors (Lipinski definition) is 2. The number of carbonyl (C=O) groups is 1. The Labute approximate surface area is 130 Å². The maximum atomic E-state index is 10.1. The molecule has 112 valence electrons. The van der Waals surface area contributed by atoms with E-state index in [2.05, 4.69) is 6.58 Å². The van der Waals surface area contributed by atoms with E-state index < -0.39 is 5.97 Å². The third-order valence-corrected chi connectivity index (χ3v) is 2.57. The van der Waals surface area contributed by atoms with Gasteiger partial charge in [-0.05, 0) is 23.3 Å². The molecule has 0 saturated heterocycles. The minimum absolute atomic E-state index is 0.292. The zero-order valence-electron chi connectivity index (χ0n) is 12.1. The molecule has 3 heteroatoms. The summed E-state index contributed by atoms with van der Waals surface area (Å²) in [6, 6.07) is 16.6. The Bertz CT molecular complexity index is 638. The number of aliphatic carboxylic acids is 1. The Morgan fingerprint density at radius 2 is 1.55 bits per heavy atom. The Morgan fingerprint density at radius 3 is 2.09 bits per heavy atom. The van der Waals surface area contributed by atoms with E-state index in [1.807, 2.05) is 48.5 Å². The van der Waals surface area contributed by atoms with E-state index in [4.69, 9.17) is 10.2 Å². The molecule has 0 atom stereocenters. The van der Waals surface area contributed by atoms with Crippen molar-refractivity contribution in [3.8, 4) is 5.75 Å². The Kier molecular flexibility index (Phi) is 7.55. The number of carboxylic acids is 1. The van der Waals surface area contributed by atoms with E-state index in [9.17, 15) is 4.79 Å². The van der Waals surface area contributed by atoms with Crippen LogP contribution in [0, 0.1) is 0 Å². The summed E-state index contributed by atoms with van der Waals surface area (Å²) in [4.78, 5) is 10.1. The standard InChI is InChI=1S/C11H10O2.C8H8O/c12-11(13)9-5-4-8-10-6-2-1-3-7-10;1-2-7-3-5-8(9)6-4-7/h1-9H,(H,12,13);2-6,9H,1H2.